The Hall–Kier alpha value is -1.10. The van der Waals surface area contributed by atoms with Crippen LogP contribution in [-0.4, -0.2) is 36.2 Å². The maximum Gasteiger partial charge on any atom is 0.309 e. The SMILES string of the molecule is CCC(C)OCC(=O)NCCC(C)(C)C(=O)O. The fourth-order valence-electron chi connectivity index (χ4n) is 1.01. The zero-order valence-electron chi connectivity index (χ0n) is 11.1. The van der Waals surface area contributed by atoms with Crippen molar-refractivity contribution in [3.8, 4) is 0 Å². The normalized spacial score (nSPS) is 13.2. The second-order valence-electron chi connectivity index (χ2n) is 4.82. The van der Waals surface area contributed by atoms with E-state index in [4.69, 9.17) is 9.84 Å². The molecule has 0 bridgehead atoms. The fourth-order valence-corrected chi connectivity index (χ4v) is 1.01. The summed E-state index contributed by atoms with van der Waals surface area (Å²) in [5.41, 5.74) is -0.815. The van der Waals surface area contributed by atoms with Crippen LogP contribution >= 0.6 is 0 Å². The highest BCUT2D eigenvalue weighted by atomic mass is 16.5. The fraction of sp³-hybridized carbons (Fsp3) is 0.833. The van der Waals surface area contributed by atoms with Crippen LogP contribution < -0.4 is 5.32 Å². The molecule has 0 aromatic heterocycles. The second-order valence-corrected chi connectivity index (χ2v) is 4.82. The monoisotopic (exact) mass is 245 g/mol. The van der Waals surface area contributed by atoms with Gasteiger partial charge in [0.1, 0.15) is 6.61 Å². The largest absolute Gasteiger partial charge is 0.481 e. The van der Waals surface area contributed by atoms with Crippen molar-refractivity contribution in [2.24, 2.45) is 5.41 Å². The predicted octanol–water partition coefficient (Wildman–Crippen LogP) is 1.42. The van der Waals surface area contributed by atoms with Crippen molar-refractivity contribution in [1.29, 1.82) is 0 Å². The maximum atomic E-state index is 11.3. The third-order valence-electron chi connectivity index (χ3n) is 2.72. The molecular weight excluding hydrogens is 222 g/mol. The minimum Gasteiger partial charge on any atom is -0.481 e. The van der Waals surface area contributed by atoms with E-state index in [9.17, 15) is 9.59 Å². The van der Waals surface area contributed by atoms with Gasteiger partial charge in [-0.15, -0.1) is 0 Å². The van der Waals surface area contributed by atoms with Crippen molar-refractivity contribution in [3.63, 3.8) is 0 Å². The van der Waals surface area contributed by atoms with Gasteiger partial charge in [0.05, 0.1) is 11.5 Å². The first-order valence-electron chi connectivity index (χ1n) is 5.91. The van der Waals surface area contributed by atoms with Gasteiger partial charge in [0.25, 0.3) is 0 Å². The van der Waals surface area contributed by atoms with E-state index < -0.39 is 11.4 Å². The van der Waals surface area contributed by atoms with Gasteiger partial charge in [0.15, 0.2) is 0 Å². The van der Waals surface area contributed by atoms with Crippen molar-refractivity contribution >= 4 is 11.9 Å². The molecule has 1 unspecified atom stereocenters. The molecule has 1 atom stereocenters. The first-order valence-corrected chi connectivity index (χ1v) is 5.91. The van der Waals surface area contributed by atoms with Crippen molar-refractivity contribution in [2.45, 2.75) is 46.6 Å². The van der Waals surface area contributed by atoms with E-state index in [1.54, 1.807) is 13.8 Å². The Labute approximate surface area is 103 Å². The summed E-state index contributed by atoms with van der Waals surface area (Å²) in [6.45, 7) is 7.54. The highest BCUT2D eigenvalue weighted by molar-refractivity contribution is 5.77. The molecule has 5 heteroatoms. The first-order chi connectivity index (χ1) is 7.79. The Bertz CT molecular complexity index is 263. The van der Waals surface area contributed by atoms with Crippen LogP contribution in [0, 0.1) is 5.41 Å². The minimum atomic E-state index is -0.859. The van der Waals surface area contributed by atoms with E-state index in [1.807, 2.05) is 13.8 Å². The number of carbonyl (C=O) groups excluding carboxylic acids is 1. The highest BCUT2D eigenvalue weighted by Crippen LogP contribution is 2.19. The van der Waals surface area contributed by atoms with E-state index >= 15 is 0 Å². The van der Waals surface area contributed by atoms with Crippen molar-refractivity contribution in [2.75, 3.05) is 13.2 Å². The molecule has 1 amide bonds. The lowest BCUT2D eigenvalue weighted by atomic mass is 9.90. The number of hydrogen-bond donors (Lipinski definition) is 2. The van der Waals surface area contributed by atoms with Crippen LogP contribution in [0.5, 0.6) is 0 Å². The van der Waals surface area contributed by atoms with E-state index in [-0.39, 0.29) is 18.6 Å². The van der Waals surface area contributed by atoms with Crippen molar-refractivity contribution < 1.29 is 19.4 Å². The summed E-state index contributed by atoms with van der Waals surface area (Å²) in [6, 6.07) is 0. The van der Waals surface area contributed by atoms with E-state index in [1.165, 1.54) is 0 Å². The van der Waals surface area contributed by atoms with E-state index in [2.05, 4.69) is 5.32 Å². The molecule has 0 aliphatic carbocycles. The molecule has 0 spiro atoms. The summed E-state index contributed by atoms with van der Waals surface area (Å²) in [4.78, 5) is 22.1. The second kappa shape index (κ2) is 7.27. The van der Waals surface area contributed by atoms with Crippen LogP contribution in [0.4, 0.5) is 0 Å². The van der Waals surface area contributed by atoms with Gasteiger partial charge in [0, 0.05) is 6.54 Å². The van der Waals surface area contributed by atoms with Gasteiger partial charge in [0.2, 0.25) is 5.91 Å². The van der Waals surface area contributed by atoms with Crippen LogP contribution in [0.2, 0.25) is 0 Å². The molecule has 0 fully saturated rings. The molecule has 0 aliphatic heterocycles. The zero-order valence-corrected chi connectivity index (χ0v) is 11.1. The van der Waals surface area contributed by atoms with Gasteiger partial charge in [-0.05, 0) is 33.6 Å². The molecule has 0 saturated carbocycles. The van der Waals surface area contributed by atoms with Crippen LogP contribution in [0.25, 0.3) is 0 Å². The van der Waals surface area contributed by atoms with Gasteiger partial charge in [-0.3, -0.25) is 9.59 Å². The number of hydrogen-bond acceptors (Lipinski definition) is 3. The third-order valence-corrected chi connectivity index (χ3v) is 2.72. The number of carboxylic acids is 1. The van der Waals surface area contributed by atoms with Crippen LogP contribution in [0.15, 0.2) is 0 Å². The molecule has 0 heterocycles. The summed E-state index contributed by atoms with van der Waals surface area (Å²) in [5.74, 6) is -1.06. The lowest BCUT2D eigenvalue weighted by Gasteiger charge is -2.19. The lowest BCUT2D eigenvalue weighted by molar-refractivity contribution is -0.147. The topological polar surface area (TPSA) is 75.6 Å². The van der Waals surface area contributed by atoms with E-state index in [0.717, 1.165) is 6.42 Å². The Morgan fingerprint density at radius 1 is 1.41 bits per heavy atom. The molecule has 0 radical (unpaired) electrons. The quantitative estimate of drug-likeness (QED) is 0.678. The Kier molecular flexibility index (Phi) is 6.80. The third kappa shape index (κ3) is 6.94. The molecule has 2 N–H and O–H groups in total. The Morgan fingerprint density at radius 2 is 2.00 bits per heavy atom. The Balaban J connectivity index is 3.75. The lowest BCUT2D eigenvalue weighted by Crippen LogP contribution is -2.34. The number of ether oxygens (including phenoxy) is 1. The van der Waals surface area contributed by atoms with Crippen molar-refractivity contribution in [1.82, 2.24) is 5.32 Å². The van der Waals surface area contributed by atoms with Crippen LogP contribution in [0.3, 0.4) is 0 Å². The van der Waals surface area contributed by atoms with Crippen molar-refractivity contribution in [3.05, 3.63) is 0 Å². The van der Waals surface area contributed by atoms with Gasteiger partial charge in [-0.1, -0.05) is 6.92 Å². The molecular formula is C12H23NO4. The number of rotatable bonds is 8. The summed E-state index contributed by atoms with van der Waals surface area (Å²) in [7, 11) is 0. The highest BCUT2D eigenvalue weighted by Gasteiger charge is 2.26. The van der Waals surface area contributed by atoms with Gasteiger partial charge < -0.3 is 15.2 Å². The number of nitrogens with one attached hydrogen (secondary N) is 1. The summed E-state index contributed by atoms with van der Waals surface area (Å²) in [5, 5.41) is 11.5. The number of aliphatic carboxylic acids is 1. The maximum absolute atomic E-state index is 11.3. The zero-order chi connectivity index (χ0) is 13.5. The molecule has 0 aliphatic rings. The number of carbonyl (C=O) groups is 2. The van der Waals surface area contributed by atoms with Gasteiger partial charge in [-0.25, -0.2) is 0 Å². The summed E-state index contributed by atoms with van der Waals surface area (Å²) in [6.07, 6.45) is 1.33. The van der Waals surface area contributed by atoms with E-state index in [0.29, 0.717) is 13.0 Å². The molecule has 0 rings (SSSR count). The Morgan fingerprint density at radius 3 is 2.47 bits per heavy atom. The first kappa shape index (κ1) is 15.9. The average Bonchev–Trinajstić information content (AvgIpc) is 2.25. The molecule has 5 nitrogen and oxygen atoms in total. The van der Waals surface area contributed by atoms with Gasteiger partial charge in [-0.2, -0.15) is 0 Å². The number of carboxylic acid groups (broad SMARTS) is 1. The molecule has 0 saturated heterocycles. The predicted molar refractivity (Wildman–Crippen MR) is 64.7 cm³/mol. The molecule has 100 valence electrons. The number of amides is 1. The van der Waals surface area contributed by atoms with Crippen LogP contribution in [0.1, 0.15) is 40.5 Å². The standard InChI is InChI=1S/C12H23NO4/c1-5-9(2)17-8-10(14)13-7-6-12(3,4)11(15)16/h9H,5-8H2,1-4H3,(H,13,14)(H,15,16). The molecule has 17 heavy (non-hydrogen) atoms. The average molecular weight is 245 g/mol. The smallest absolute Gasteiger partial charge is 0.309 e. The van der Waals surface area contributed by atoms with Crippen LogP contribution in [-0.2, 0) is 14.3 Å². The van der Waals surface area contributed by atoms with Gasteiger partial charge >= 0.3 is 5.97 Å². The molecule has 0 aromatic carbocycles. The minimum absolute atomic E-state index is 0.0303. The molecule has 0 aromatic rings. The summed E-state index contributed by atoms with van der Waals surface area (Å²) >= 11 is 0. The summed E-state index contributed by atoms with van der Waals surface area (Å²) < 4.78 is 5.25.